The Morgan fingerprint density at radius 1 is 1.33 bits per heavy atom. The Hall–Kier alpha value is -2.28. The van der Waals surface area contributed by atoms with E-state index in [1.165, 1.54) is 6.07 Å². The third-order valence-corrected chi connectivity index (χ3v) is 2.19. The fraction of sp³-hybridized carbons (Fsp3) is 0. The first-order valence-electron chi connectivity index (χ1n) is 4.65. The van der Waals surface area contributed by atoms with Gasteiger partial charge in [0.25, 0.3) is 5.69 Å². The highest BCUT2D eigenvalue weighted by molar-refractivity contribution is 6.32. The smallest absolute Gasteiger partial charge is 0.289 e. The summed E-state index contributed by atoms with van der Waals surface area (Å²) in [7, 11) is 0. The van der Waals surface area contributed by atoms with Crippen molar-refractivity contribution in [3.05, 3.63) is 51.7 Å². The Balaban J connectivity index is 2.24. The van der Waals surface area contributed by atoms with Crippen molar-refractivity contribution in [2.45, 2.75) is 0 Å². The first-order valence-corrected chi connectivity index (χ1v) is 5.03. The quantitative estimate of drug-likeness (QED) is 0.486. The summed E-state index contributed by atoms with van der Waals surface area (Å²) in [6.45, 7) is 0. The summed E-state index contributed by atoms with van der Waals surface area (Å²) in [5.41, 5.74) is -0.246. The highest BCUT2D eigenvalue weighted by Crippen LogP contribution is 2.29. The average molecular weight is 270 g/mol. The molecule has 0 spiro atoms. The molecule has 0 saturated carbocycles. The fourth-order valence-corrected chi connectivity index (χ4v) is 1.32. The molecule has 0 radical (unpaired) electrons. The molecular weight excluding hydrogens is 265 g/mol. The Labute approximate surface area is 105 Å². The molecule has 0 amide bonds. The van der Waals surface area contributed by atoms with E-state index in [2.05, 4.69) is 9.97 Å². The minimum atomic E-state index is -0.648. The van der Waals surface area contributed by atoms with Gasteiger partial charge in [-0.15, -0.1) is 0 Å². The summed E-state index contributed by atoms with van der Waals surface area (Å²) in [5, 5.41) is 10.5. The normalized spacial score (nSPS) is 10.1. The van der Waals surface area contributed by atoms with E-state index in [0.29, 0.717) is 0 Å². The highest BCUT2D eigenvalue weighted by Gasteiger charge is 2.12. The second-order valence-corrected chi connectivity index (χ2v) is 3.56. The molecule has 0 atom stereocenters. The Bertz CT molecular complexity index is 591. The van der Waals surface area contributed by atoms with E-state index < -0.39 is 10.9 Å². The monoisotopic (exact) mass is 269 g/mol. The van der Waals surface area contributed by atoms with Crippen molar-refractivity contribution >= 4 is 17.3 Å². The van der Waals surface area contributed by atoms with Crippen LogP contribution in [0, 0.1) is 16.1 Å². The summed E-state index contributed by atoms with van der Waals surface area (Å²) in [6.07, 6.45) is 2.16. The van der Waals surface area contributed by atoms with Crippen LogP contribution in [0.25, 0.3) is 0 Å². The number of nitrogens with zero attached hydrogens (tertiary/aromatic N) is 3. The number of hydrogen-bond donors (Lipinski definition) is 0. The zero-order valence-corrected chi connectivity index (χ0v) is 9.46. The van der Waals surface area contributed by atoms with Crippen LogP contribution in [-0.4, -0.2) is 14.9 Å². The predicted molar refractivity (Wildman–Crippen MR) is 60.2 cm³/mol. The van der Waals surface area contributed by atoms with Crippen LogP contribution in [0.4, 0.5) is 10.1 Å². The minimum absolute atomic E-state index is 0.0179. The third kappa shape index (κ3) is 2.69. The standard InChI is InChI=1S/C10H5ClFN3O3/c11-8-3-6(15(16)17)4-14-10(8)18-7-1-2-9(12)13-5-7/h1-5H. The molecule has 0 aliphatic rings. The van der Waals surface area contributed by atoms with Crippen molar-refractivity contribution < 1.29 is 14.1 Å². The highest BCUT2D eigenvalue weighted by atomic mass is 35.5. The van der Waals surface area contributed by atoms with Gasteiger partial charge < -0.3 is 4.74 Å². The maximum atomic E-state index is 12.6. The van der Waals surface area contributed by atoms with Crippen LogP contribution in [0.15, 0.2) is 30.6 Å². The van der Waals surface area contributed by atoms with Crippen LogP contribution in [-0.2, 0) is 0 Å². The van der Waals surface area contributed by atoms with E-state index in [1.54, 1.807) is 0 Å². The van der Waals surface area contributed by atoms with Crippen molar-refractivity contribution in [3.63, 3.8) is 0 Å². The maximum Gasteiger partial charge on any atom is 0.289 e. The van der Waals surface area contributed by atoms with Gasteiger partial charge in [0.05, 0.1) is 11.1 Å². The summed E-state index contributed by atoms with van der Waals surface area (Å²) >= 11 is 5.77. The molecule has 92 valence electrons. The molecule has 0 aromatic carbocycles. The summed E-state index contributed by atoms with van der Waals surface area (Å²) in [4.78, 5) is 16.9. The largest absolute Gasteiger partial charge is 0.436 e. The van der Waals surface area contributed by atoms with Crippen LogP contribution < -0.4 is 4.74 Å². The maximum absolute atomic E-state index is 12.6. The van der Waals surface area contributed by atoms with Crippen molar-refractivity contribution in [2.75, 3.05) is 0 Å². The molecule has 2 aromatic rings. The molecule has 0 N–H and O–H groups in total. The first-order chi connectivity index (χ1) is 8.56. The molecule has 2 rings (SSSR count). The van der Waals surface area contributed by atoms with E-state index in [-0.39, 0.29) is 22.3 Å². The lowest BCUT2D eigenvalue weighted by Gasteiger charge is -2.05. The van der Waals surface area contributed by atoms with Gasteiger partial charge in [-0.05, 0) is 12.1 Å². The second kappa shape index (κ2) is 4.92. The Morgan fingerprint density at radius 3 is 2.67 bits per heavy atom. The molecule has 18 heavy (non-hydrogen) atoms. The van der Waals surface area contributed by atoms with Crippen molar-refractivity contribution in [2.24, 2.45) is 0 Å². The summed E-state index contributed by atoms with van der Waals surface area (Å²) in [5.74, 6) is -0.444. The van der Waals surface area contributed by atoms with Crippen molar-refractivity contribution in [3.8, 4) is 11.6 Å². The molecule has 0 aliphatic carbocycles. The topological polar surface area (TPSA) is 78.2 Å². The molecule has 0 bridgehead atoms. The number of ether oxygens (including phenoxy) is 1. The van der Waals surface area contributed by atoms with Crippen molar-refractivity contribution in [1.82, 2.24) is 9.97 Å². The third-order valence-electron chi connectivity index (χ3n) is 1.92. The number of halogens is 2. The molecule has 8 heteroatoms. The van der Waals surface area contributed by atoms with Crippen LogP contribution in [0.5, 0.6) is 11.6 Å². The lowest BCUT2D eigenvalue weighted by Crippen LogP contribution is -1.93. The van der Waals surface area contributed by atoms with Crippen LogP contribution in [0.3, 0.4) is 0 Å². The van der Waals surface area contributed by atoms with Gasteiger partial charge in [0.2, 0.25) is 11.8 Å². The lowest BCUT2D eigenvalue weighted by atomic mass is 10.4. The van der Waals surface area contributed by atoms with Crippen LogP contribution in [0.2, 0.25) is 5.02 Å². The van der Waals surface area contributed by atoms with E-state index in [9.17, 15) is 14.5 Å². The Kier molecular flexibility index (Phi) is 3.33. The van der Waals surface area contributed by atoms with Gasteiger partial charge in [0.15, 0.2) is 0 Å². The fourth-order valence-electron chi connectivity index (χ4n) is 1.12. The number of hydrogen-bond acceptors (Lipinski definition) is 5. The van der Waals surface area contributed by atoms with Gasteiger partial charge in [0, 0.05) is 6.07 Å². The van der Waals surface area contributed by atoms with Gasteiger partial charge >= 0.3 is 0 Å². The Morgan fingerprint density at radius 2 is 2.11 bits per heavy atom. The van der Waals surface area contributed by atoms with E-state index in [1.807, 2.05) is 0 Å². The molecule has 2 aromatic heterocycles. The lowest BCUT2D eigenvalue weighted by molar-refractivity contribution is -0.385. The summed E-state index contributed by atoms with van der Waals surface area (Å²) < 4.78 is 17.8. The van der Waals surface area contributed by atoms with Crippen LogP contribution >= 0.6 is 11.6 Å². The molecule has 0 unspecified atom stereocenters. The van der Waals surface area contributed by atoms with Crippen LogP contribution in [0.1, 0.15) is 0 Å². The van der Waals surface area contributed by atoms with E-state index in [4.69, 9.17) is 16.3 Å². The molecule has 2 heterocycles. The van der Waals surface area contributed by atoms with E-state index >= 15 is 0 Å². The van der Waals surface area contributed by atoms with Gasteiger partial charge in [-0.25, -0.2) is 9.97 Å². The molecular formula is C10H5ClFN3O3. The van der Waals surface area contributed by atoms with Gasteiger partial charge in [-0.1, -0.05) is 11.6 Å². The molecule has 0 fully saturated rings. The van der Waals surface area contributed by atoms with Gasteiger partial charge in [-0.2, -0.15) is 4.39 Å². The van der Waals surface area contributed by atoms with E-state index in [0.717, 1.165) is 24.5 Å². The average Bonchev–Trinajstić information content (AvgIpc) is 2.34. The minimum Gasteiger partial charge on any atom is -0.436 e. The first kappa shape index (κ1) is 12.2. The molecule has 6 nitrogen and oxygen atoms in total. The zero-order chi connectivity index (χ0) is 13.1. The van der Waals surface area contributed by atoms with Crippen molar-refractivity contribution in [1.29, 1.82) is 0 Å². The second-order valence-electron chi connectivity index (χ2n) is 3.16. The summed E-state index contributed by atoms with van der Waals surface area (Å²) in [6, 6.07) is 3.55. The molecule has 0 saturated heterocycles. The number of pyridine rings is 2. The predicted octanol–water partition coefficient (Wildman–Crippen LogP) is 2.97. The SMILES string of the molecule is O=[N+]([O-])c1cnc(Oc2ccc(F)nc2)c(Cl)c1. The van der Waals surface area contributed by atoms with Gasteiger partial charge in [-0.3, -0.25) is 10.1 Å². The number of nitro groups is 1. The number of rotatable bonds is 3. The zero-order valence-electron chi connectivity index (χ0n) is 8.71. The number of aromatic nitrogens is 2. The van der Waals surface area contributed by atoms with Gasteiger partial charge in [0.1, 0.15) is 17.0 Å². The molecule has 0 aliphatic heterocycles.